The SMILES string of the molecule is NCC#Cc1cccc(NC(=O)CC2CCCCO2)n1. The highest BCUT2D eigenvalue weighted by Crippen LogP contribution is 2.16. The minimum absolute atomic E-state index is 0.0314. The molecule has 1 fully saturated rings. The molecule has 3 N–H and O–H groups in total. The molecule has 2 rings (SSSR count). The molecule has 2 heterocycles. The summed E-state index contributed by atoms with van der Waals surface area (Å²) in [6.07, 6.45) is 3.56. The molecule has 0 aromatic carbocycles. The van der Waals surface area contributed by atoms with E-state index < -0.39 is 0 Å². The van der Waals surface area contributed by atoms with E-state index in [0.29, 0.717) is 17.9 Å². The smallest absolute Gasteiger partial charge is 0.228 e. The van der Waals surface area contributed by atoms with E-state index in [1.54, 1.807) is 18.2 Å². The van der Waals surface area contributed by atoms with Gasteiger partial charge in [-0.25, -0.2) is 4.98 Å². The number of anilines is 1. The second-order valence-corrected chi connectivity index (χ2v) is 4.65. The molecule has 0 aliphatic carbocycles. The van der Waals surface area contributed by atoms with Crippen molar-refractivity contribution in [2.45, 2.75) is 31.8 Å². The Hall–Kier alpha value is -1.90. The summed E-state index contributed by atoms with van der Waals surface area (Å²) in [4.78, 5) is 16.2. The maximum atomic E-state index is 11.9. The van der Waals surface area contributed by atoms with Crippen LogP contribution in [0.15, 0.2) is 18.2 Å². The number of nitrogens with two attached hydrogens (primary N) is 1. The summed E-state index contributed by atoms with van der Waals surface area (Å²) >= 11 is 0. The van der Waals surface area contributed by atoms with Gasteiger partial charge in [-0.3, -0.25) is 4.79 Å². The first-order valence-corrected chi connectivity index (χ1v) is 6.85. The predicted octanol–water partition coefficient (Wildman–Crippen LogP) is 1.29. The molecule has 1 aromatic rings. The number of nitrogens with one attached hydrogen (secondary N) is 1. The molecule has 5 heteroatoms. The number of hydrogen-bond acceptors (Lipinski definition) is 4. The second kappa shape index (κ2) is 7.63. The van der Waals surface area contributed by atoms with Crippen molar-refractivity contribution in [3.63, 3.8) is 0 Å². The molecule has 0 saturated carbocycles. The van der Waals surface area contributed by atoms with E-state index >= 15 is 0 Å². The third-order valence-electron chi connectivity index (χ3n) is 3.02. The molecule has 1 aliphatic heterocycles. The molecule has 1 aliphatic rings. The van der Waals surface area contributed by atoms with Crippen LogP contribution in [0.4, 0.5) is 5.82 Å². The first-order chi connectivity index (χ1) is 9.78. The minimum Gasteiger partial charge on any atom is -0.378 e. The van der Waals surface area contributed by atoms with Gasteiger partial charge < -0.3 is 15.8 Å². The Morgan fingerprint density at radius 1 is 1.50 bits per heavy atom. The van der Waals surface area contributed by atoms with Crippen LogP contribution in [0.25, 0.3) is 0 Å². The number of nitrogens with zero attached hydrogens (tertiary/aromatic N) is 1. The normalized spacial score (nSPS) is 17.9. The van der Waals surface area contributed by atoms with E-state index in [0.717, 1.165) is 25.9 Å². The molecule has 1 amide bonds. The Bertz CT molecular complexity index is 513. The number of hydrogen-bond donors (Lipinski definition) is 2. The maximum absolute atomic E-state index is 11.9. The quantitative estimate of drug-likeness (QED) is 0.814. The van der Waals surface area contributed by atoms with Gasteiger partial charge in [-0.15, -0.1) is 0 Å². The fraction of sp³-hybridized carbons (Fsp3) is 0.467. The number of aromatic nitrogens is 1. The molecule has 5 nitrogen and oxygen atoms in total. The van der Waals surface area contributed by atoms with Crippen molar-refractivity contribution in [2.24, 2.45) is 5.73 Å². The summed E-state index contributed by atoms with van der Waals surface area (Å²) in [6.45, 7) is 1.04. The monoisotopic (exact) mass is 273 g/mol. The van der Waals surface area contributed by atoms with Crippen molar-refractivity contribution in [2.75, 3.05) is 18.5 Å². The van der Waals surface area contributed by atoms with Gasteiger partial charge in [0.2, 0.25) is 5.91 Å². The van der Waals surface area contributed by atoms with Crippen LogP contribution in [0.1, 0.15) is 31.4 Å². The van der Waals surface area contributed by atoms with E-state index in [2.05, 4.69) is 22.1 Å². The van der Waals surface area contributed by atoms with Crippen LogP contribution in [0.5, 0.6) is 0 Å². The zero-order chi connectivity index (χ0) is 14.2. The zero-order valence-corrected chi connectivity index (χ0v) is 11.4. The second-order valence-electron chi connectivity index (χ2n) is 4.65. The average Bonchev–Trinajstić information content (AvgIpc) is 2.46. The van der Waals surface area contributed by atoms with Crippen LogP contribution in [0, 0.1) is 11.8 Å². The van der Waals surface area contributed by atoms with Crippen molar-refractivity contribution in [1.82, 2.24) is 4.98 Å². The largest absolute Gasteiger partial charge is 0.378 e. The van der Waals surface area contributed by atoms with Gasteiger partial charge in [0.25, 0.3) is 0 Å². The number of amides is 1. The Morgan fingerprint density at radius 2 is 2.40 bits per heavy atom. The molecule has 1 aromatic heterocycles. The zero-order valence-electron chi connectivity index (χ0n) is 11.4. The molecule has 1 unspecified atom stereocenters. The summed E-state index contributed by atoms with van der Waals surface area (Å²) in [5, 5.41) is 2.78. The van der Waals surface area contributed by atoms with Gasteiger partial charge in [-0.05, 0) is 37.3 Å². The van der Waals surface area contributed by atoms with E-state index in [4.69, 9.17) is 10.5 Å². The number of pyridine rings is 1. The fourth-order valence-corrected chi connectivity index (χ4v) is 2.08. The van der Waals surface area contributed by atoms with Crippen molar-refractivity contribution in [1.29, 1.82) is 0 Å². The van der Waals surface area contributed by atoms with Gasteiger partial charge in [0.1, 0.15) is 11.5 Å². The highest BCUT2D eigenvalue weighted by Gasteiger charge is 2.17. The predicted molar refractivity (Wildman–Crippen MR) is 77.0 cm³/mol. The van der Waals surface area contributed by atoms with Crippen LogP contribution >= 0.6 is 0 Å². The Balaban J connectivity index is 1.90. The summed E-state index contributed by atoms with van der Waals surface area (Å²) in [6, 6.07) is 5.33. The van der Waals surface area contributed by atoms with Crippen LogP contribution in [0.2, 0.25) is 0 Å². The van der Waals surface area contributed by atoms with Gasteiger partial charge in [0, 0.05) is 6.61 Å². The molecular weight excluding hydrogens is 254 g/mol. The van der Waals surface area contributed by atoms with E-state index in [-0.39, 0.29) is 18.6 Å². The van der Waals surface area contributed by atoms with E-state index in [1.165, 1.54) is 0 Å². The molecule has 106 valence electrons. The summed E-state index contributed by atoms with van der Waals surface area (Å²) in [5.74, 6) is 6.00. The Morgan fingerprint density at radius 3 is 3.15 bits per heavy atom. The van der Waals surface area contributed by atoms with Crippen LogP contribution in [0.3, 0.4) is 0 Å². The number of carbonyl (C=O) groups is 1. The Labute approximate surface area is 118 Å². The lowest BCUT2D eigenvalue weighted by Crippen LogP contribution is -2.25. The number of rotatable bonds is 3. The first kappa shape index (κ1) is 14.5. The van der Waals surface area contributed by atoms with Crippen molar-refractivity contribution in [3.05, 3.63) is 23.9 Å². The van der Waals surface area contributed by atoms with E-state index in [1.807, 2.05) is 0 Å². The molecule has 0 spiro atoms. The standard InChI is InChI=1S/C15H19N3O2/c16-9-4-6-12-5-3-8-14(17-12)18-15(19)11-13-7-1-2-10-20-13/h3,5,8,13H,1-2,7,9-11,16H2,(H,17,18,19). The van der Waals surface area contributed by atoms with Gasteiger partial charge in [0.15, 0.2) is 0 Å². The van der Waals surface area contributed by atoms with Crippen molar-refractivity contribution >= 4 is 11.7 Å². The molecule has 1 saturated heterocycles. The topological polar surface area (TPSA) is 77.2 Å². The van der Waals surface area contributed by atoms with E-state index in [9.17, 15) is 4.79 Å². The Kier molecular flexibility index (Phi) is 5.54. The summed E-state index contributed by atoms with van der Waals surface area (Å²) < 4.78 is 5.55. The molecule has 1 atom stereocenters. The van der Waals surface area contributed by atoms with Crippen LogP contribution in [-0.2, 0) is 9.53 Å². The third kappa shape index (κ3) is 4.65. The third-order valence-corrected chi connectivity index (χ3v) is 3.02. The number of carbonyl (C=O) groups excluding carboxylic acids is 1. The molecule has 0 radical (unpaired) electrons. The summed E-state index contributed by atoms with van der Waals surface area (Å²) in [5.41, 5.74) is 5.91. The molecule has 0 bridgehead atoms. The maximum Gasteiger partial charge on any atom is 0.228 e. The van der Waals surface area contributed by atoms with Gasteiger partial charge in [0.05, 0.1) is 19.1 Å². The fourth-order valence-electron chi connectivity index (χ4n) is 2.08. The van der Waals surface area contributed by atoms with Crippen LogP contribution < -0.4 is 11.1 Å². The lowest BCUT2D eigenvalue weighted by atomic mass is 10.1. The first-order valence-electron chi connectivity index (χ1n) is 6.85. The van der Waals surface area contributed by atoms with Crippen LogP contribution in [-0.4, -0.2) is 30.1 Å². The molecule has 20 heavy (non-hydrogen) atoms. The lowest BCUT2D eigenvalue weighted by Gasteiger charge is -2.21. The van der Waals surface area contributed by atoms with Crippen molar-refractivity contribution in [3.8, 4) is 11.8 Å². The van der Waals surface area contributed by atoms with Crippen molar-refractivity contribution < 1.29 is 9.53 Å². The number of ether oxygens (including phenoxy) is 1. The molecular formula is C15H19N3O2. The van der Waals surface area contributed by atoms with Gasteiger partial charge >= 0.3 is 0 Å². The summed E-state index contributed by atoms with van der Waals surface area (Å²) in [7, 11) is 0. The minimum atomic E-state index is -0.0756. The van der Waals surface area contributed by atoms with Gasteiger partial charge in [-0.1, -0.05) is 12.0 Å². The average molecular weight is 273 g/mol. The highest BCUT2D eigenvalue weighted by atomic mass is 16.5. The lowest BCUT2D eigenvalue weighted by molar-refractivity contribution is -0.119. The van der Waals surface area contributed by atoms with Gasteiger partial charge in [-0.2, -0.15) is 0 Å². The highest BCUT2D eigenvalue weighted by molar-refractivity contribution is 5.90.